The lowest BCUT2D eigenvalue weighted by Gasteiger charge is -2.05. The summed E-state index contributed by atoms with van der Waals surface area (Å²) in [7, 11) is 0. The van der Waals surface area contributed by atoms with Crippen LogP contribution in [0.4, 0.5) is 0 Å². The molecule has 0 aliphatic carbocycles. The molecule has 0 aliphatic heterocycles. The third kappa shape index (κ3) is 7.66. The molecule has 2 nitrogen and oxygen atoms in total. The Morgan fingerprint density at radius 2 is 2.33 bits per heavy atom. The van der Waals surface area contributed by atoms with Gasteiger partial charge in [-0.2, -0.15) is 0 Å². The molecule has 0 rings (SSSR count). The standard InChI is InChI=1S/C7H16N2/c1-6(2)4-9-5-7(3)8/h7,9H,1,4-5,8H2,2-3H3. The van der Waals surface area contributed by atoms with Gasteiger partial charge in [0.25, 0.3) is 0 Å². The Balaban J connectivity index is 3.01. The fourth-order valence-electron chi connectivity index (χ4n) is 0.513. The molecular weight excluding hydrogens is 112 g/mol. The first-order chi connectivity index (χ1) is 4.13. The van der Waals surface area contributed by atoms with E-state index in [2.05, 4.69) is 11.9 Å². The summed E-state index contributed by atoms with van der Waals surface area (Å²) in [6, 6.07) is 0.240. The van der Waals surface area contributed by atoms with E-state index in [9.17, 15) is 0 Å². The van der Waals surface area contributed by atoms with Crippen molar-refractivity contribution in [1.82, 2.24) is 5.32 Å². The molecule has 0 fully saturated rings. The fraction of sp³-hybridized carbons (Fsp3) is 0.714. The first-order valence-electron chi connectivity index (χ1n) is 3.23. The third-order valence-electron chi connectivity index (χ3n) is 0.893. The molecular formula is C7H16N2. The zero-order valence-electron chi connectivity index (χ0n) is 6.28. The van der Waals surface area contributed by atoms with E-state index in [4.69, 9.17) is 5.73 Å². The summed E-state index contributed by atoms with van der Waals surface area (Å²) >= 11 is 0. The summed E-state index contributed by atoms with van der Waals surface area (Å²) in [6.45, 7) is 9.46. The van der Waals surface area contributed by atoms with Crippen molar-refractivity contribution in [1.29, 1.82) is 0 Å². The second-order valence-corrected chi connectivity index (χ2v) is 2.57. The Bertz CT molecular complexity index is 86.9. The molecule has 0 aromatic carbocycles. The lowest BCUT2D eigenvalue weighted by Crippen LogP contribution is -2.31. The molecule has 54 valence electrons. The highest BCUT2D eigenvalue weighted by Gasteiger charge is 1.90. The van der Waals surface area contributed by atoms with Gasteiger partial charge in [0.1, 0.15) is 0 Å². The SMILES string of the molecule is C=C(C)CNCC(C)N. The normalized spacial score (nSPS) is 13.2. The quantitative estimate of drug-likeness (QED) is 0.541. The Labute approximate surface area is 57.1 Å². The van der Waals surface area contributed by atoms with Crippen LogP contribution in [0.1, 0.15) is 13.8 Å². The molecule has 1 unspecified atom stereocenters. The van der Waals surface area contributed by atoms with Crippen LogP contribution >= 0.6 is 0 Å². The number of hydrogen-bond acceptors (Lipinski definition) is 2. The molecule has 0 amide bonds. The van der Waals surface area contributed by atoms with Crippen molar-refractivity contribution in [2.24, 2.45) is 5.73 Å². The van der Waals surface area contributed by atoms with Gasteiger partial charge in [0.2, 0.25) is 0 Å². The number of nitrogens with two attached hydrogens (primary N) is 1. The first kappa shape index (κ1) is 8.66. The van der Waals surface area contributed by atoms with Gasteiger partial charge < -0.3 is 11.1 Å². The molecule has 0 bridgehead atoms. The van der Waals surface area contributed by atoms with Crippen LogP contribution in [-0.4, -0.2) is 19.1 Å². The third-order valence-corrected chi connectivity index (χ3v) is 0.893. The maximum Gasteiger partial charge on any atom is 0.0159 e. The summed E-state index contributed by atoms with van der Waals surface area (Å²) in [4.78, 5) is 0. The van der Waals surface area contributed by atoms with Crippen LogP contribution in [0.5, 0.6) is 0 Å². The number of rotatable bonds is 4. The minimum atomic E-state index is 0.240. The van der Waals surface area contributed by atoms with Gasteiger partial charge in [-0.05, 0) is 13.8 Å². The van der Waals surface area contributed by atoms with Gasteiger partial charge >= 0.3 is 0 Å². The van der Waals surface area contributed by atoms with Crippen molar-refractivity contribution >= 4 is 0 Å². The average Bonchev–Trinajstić information content (AvgIpc) is 1.63. The summed E-state index contributed by atoms with van der Waals surface area (Å²) in [6.07, 6.45) is 0. The maximum absolute atomic E-state index is 5.49. The summed E-state index contributed by atoms with van der Waals surface area (Å²) in [5.41, 5.74) is 6.64. The van der Waals surface area contributed by atoms with Gasteiger partial charge in [-0.15, -0.1) is 0 Å². The second kappa shape index (κ2) is 4.53. The molecule has 0 spiro atoms. The predicted octanol–water partition coefficient (Wildman–Crippen LogP) is 0.499. The minimum absolute atomic E-state index is 0.240. The average molecular weight is 128 g/mol. The van der Waals surface area contributed by atoms with E-state index in [1.54, 1.807) is 0 Å². The van der Waals surface area contributed by atoms with Gasteiger partial charge in [0.05, 0.1) is 0 Å². The largest absolute Gasteiger partial charge is 0.327 e. The van der Waals surface area contributed by atoms with Crippen LogP contribution in [0.25, 0.3) is 0 Å². The zero-order chi connectivity index (χ0) is 7.28. The smallest absolute Gasteiger partial charge is 0.0159 e. The van der Waals surface area contributed by atoms with E-state index >= 15 is 0 Å². The van der Waals surface area contributed by atoms with Crippen molar-refractivity contribution < 1.29 is 0 Å². The van der Waals surface area contributed by atoms with Crippen LogP contribution in [-0.2, 0) is 0 Å². The number of nitrogens with one attached hydrogen (secondary N) is 1. The molecule has 2 heteroatoms. The van der Waals surface area contributed by atoms with E-state index in [-0.39, 0.29) is 6.04 Å². The highest BCUT2D eigenvalue weighted by Crippen LogP contribution is 1.80. The maximum atomic E-state index is 5.49. The number of hydrogen-bond donors (Lipinski definition) is 2. The van der Waals surface area contributed by atoms with Crippen molar-refractivity contribution in [2.45, 2.75) is 19.9 Å². The molecule has 0 saturated carbocycles. The van der Waals surface area contributed by atoms with Gasteiger partial charge in [-0.25, -0.2) is 0 Å². The van der Waals surface area contributed by atoms with Crippen molar-refractivity contribution in [2.75, 3.05) is 13.1 Å². The van der Waals surface area contributed by atoms with E-state index in [0.717, 1.165) is 18.7 Å². The van der Waals surface area contributed by atoms with Crippen molar-refractivity contribution in [3.8, 4) is 0 Å². The lowest BCUT2D eigenvalue weighted by atomic mass is 10.3. The van der Waals surface area contributed by atoms with Crippen LogP contribution < -0.4 is 11.1 Å². The Hall–Kier alpha value is -0.340. The van der Waals surface area contributed by atoms with Crippen molar-refractivity contribution in [3.63, 3.8) is 0 Å². The first-order valence-corrected chi connectivity index (χ1v) is 3.23. The predicted molar refractivity (Wildman–Crippen MR) is 41.3 cm³/mol. The van der Waals surface area contributed by atoms with Gasteiger partial charge in [-0.1, -0.05) is 12.2 Å². The van der Waals surface area contributed by atoms with Gasteiger partial charge in [-0.3, -0.25) is 0 Å². The highest BCUT2D eigenvalue weighted by molar-refractivity contribution is 4.90. The van der Waals surface area contributed by atoms with Gasteiger partial charge in [0, 0.05) is 19.1 Å². The topological polar surface area (TPSA) is 38.0 Å². The lowest BCUT2D eigenvalue weighted by molar-refractivity contribution is 0.634. The highest BCUT2D eigenvalue weighted by atomic mass is 14.9. The summed E-state index contributed by atoms with van der Waals surface area (Å²) < 4.78 is 0. The molecule has 3 N–H and O–H groups in total. The minimum Gasteiger partial charge on any atom is -0.327 e. The molecule has 0 aromatic heterocycles. The van der Waals surface area contributed by atoms with E-state index < -0.39 is 0 Å². The Morgan fingerprint density at radius 3 is 2.67 bits per heavy atom. The molecule has 1 atom stereocenters. The molecule has 0 aliphatic rings. The molecule has 9 heavy (non-hydrogen) atoms. The van der Waals surface area contributed by atoms with E-state index in [0.29, 0.717) is 0 Å². The van der Waals surface area contributed by atoms with Crippen LogP contribution in [0.3, 0.4) is 0 Å². The van der Waals surface area contributed by atoms with Crippen LogP contribution in [0.2, 0.25) is 0 Å². The molecule has 0 saturated heterocycles. The van der Waals surface area contributed by atoms with Crippen LogP contribution in [0.15, 0.2) is 12.2 Å². The van der Waals surface area contributed by atoms with E-state index in [1.807, 2.05) is 13.8 Å². The van der Waals surface area contributed by atoms with E-state index in [1.165, 1.54) is 0 Å². The van der Waals surface area contributed by atoms with Crippen LogP contribution in [0, 0.1) is 0 Å². The molecule has 0 aromatic rings. The zero-order valence-corrected chi connectivity index (χ0v) is 6.28. The Morgan fingerprint density at radius 1 is 1.78 bits per heavy atom. The Kier molecular flexibility index (Phi) is 4.36. The van der Waals surface area contributed by atoms with Gasteiger partial charge in [0.15, 0.2) is 0 Å². The molecule has 0 radical (unpaired) electrons. The summed E-state index contributed by atoms with van der Waals surface area (Å²) in [5, 5.41) is 3.16. The summed E-state index contributed by atoms with van der Waals surface area (Å²) in [5.74, 6) is 0. The van der Waals surface area contributed by atoms with Crippen molar-refractivity contribution in [3.05, 3.63) is 12.2 Å². The second-order valence-electron chi connectivity index (χ2n) is 2.57. The molecule has 0 heterocycles. The fourth-order valence-corrected chi connectivity index (χ4v) is 0.513. The monoisotopic (exact) mass is 128 g/mol.